The minimum atomic E-state index is 0.590. The highest BCUT2D eigenvalue weighted by molar-refractivity contribution is 4.87. The number of nitrogens with zero attached hydrogens (tertiary/aromatic N) is 2. The highest BCUT2D eigenvalue weighted by atomic mass is 15.3. The predicted octanol–water partition coefficient (Wildman–Crippen LogP) is 2.65. The van der Waals surface area contributed by atoms with Crippen molar-refractivity contribution in [2.75, 3.05) is 52.4 Å². The van der Waals surface area contributed by atoms with Gasteiger partial charge < -0.3 is 21.3 Å². The normalized spacial score (nSPS) is 34.7. The third-order valence-electron chi connectivity index (χ3n) is 8.12. The van der Waals surface area contributed by atoms with E-state index in [9.17, 15) is 0 Å². The van der Waals surface area contributed by atoms with Crippen LogP contribution in [0.4, 0.5) is 0 Å². The van der Waals surface area contributed by atoms with Gasteiger partial charge in [-0.15, -0.1) is 0 Å². The standard InChI is InChI=1S/C26H56N6/c1-7-21-15-27-23(9-3)19-31(25(11-5)17-29-21)13-14-32-20-24(10-4)28-16-22(8-2)30-18-26(32)12-6/h21-30H,7-20H2,1-6H3/t21-,22-,23-,24-,25-,26-/m0/s1. The van der Waals surface area contributed by atoms with Crippen LogP contribution in [0.2, 0.25) is 0 Å². The van der Waals surface area contributed by atoms with Crippen LogP contribution in [-0.2, 0) is 0 Å². The zero-order chi connectivity index (χ0) is 23.3. The Hall–Kier alpha value is -0.240. The van der Waals surface area contributed by atoms with E-state index < -0.39 is 0 Å². The van der Waals surface area contributed by atoms with Crippen molar-refractivity contribution < 1.29 is 0 Å². The van der Waals surface area contributed by atoms with Crippen molar-refractivity contribution in [1.29, 1.82) is 0 Å². The average molecular weight is 453 g/mol. The Morgan fingerprint density at radius 1 is 0.469 bits per heavy atom. The van der Waals surface area contributed by atoms with Gasteiger partial charge in [0.1, 0.15) is 0 Å². The highest BCUT2D eigenvalue weighted by Gasteiger charge is 2.27. The van der Waals surface area contributed by atoms with Gasteiger partial charge in [-0.2, -0.15) is 0 Å². The van der Waals surface area contributed by atoms with Gasteiger partial charge in [0.15, 0.2) is 0 Å². The van der Waals surface area contributed by atoms with Crippen LogP contribution in [0.25, 0.3) is 0 Å². The zero-order valence-corrected chi connectivity index (χ0v) is 22.3. The molecule has 2 fully saturated rings. The molecule has 2 aliphatic heterocycles. The van der Waals surface area contributed by atoms with Gasteiger partial charge in [0, 0.05) is 88.6 Å². The maximum atomic E-state index is 3.86. The summed E-state index contributed by atoms with van der Waals surface area (Å²) in [5.74, 6) is 0. The van der Waals surface area contributed by atoms with Crippen molar-refractivity contribution in [1.82, 2.24) is 31.1 Å². The van der Waals surface area contributed by atoms with Gasteiger partial charge in [0.05, 0.1) is 0 Å². The van der Waals surface area contributed by atoms with Gasteiger partial charge in [-0.3, -0.25) is 9.80 Å². The maximum Gasteiger partial charge on any atom is 0.0219 e. The average Bonchev–Trinajstić information content (AvgIpc) is 2.96. The summed E-state index contributed by atoms with van der Waals surface area (Å²) in [7, 11) is 0. The van der Waals surface area contributed by atoms with E-state index in [2.05, 4.69) is 72.6 Å². The minimum absolute atomic E-state index is 0.590. The quantitative estimate of drug-likeness (QED) is 0.432. The van der Waals surface area contributed by atoms with E-state index in [4.69, 9.17) is 0 Å². The van der Waals surface area contributed by atoms with Crippen molar-refractivity contribution in [2.24, 2.45) is 0 Å². The van der Waals surface area contributed by atoms with E-state index in [1.807, 2.05) is 0 Å². The number of hydrogen-bond donors (Lipinski definition) is 4. The second kappa shape index (κ2) is 15.6. The van der Waals surface area contributed by atoms with Gasteiger partial charge in [-0.25, -0.2) is 0 Å². The Labute approximate surface area is 200 Å². The first-order chi connectivity index (χ1) is 15.6. The maximum absolute atomic E-state index is 3.86. The molecule has 0 spiro atoms. The van der Waals surface area contributed by atoms with Crippen molar-refractivity contribution in [3.8, 4) is 0 Å². The molecule has 4 N–H and O–H groups in total. The lowest BCUT2D eigenvalue weighted by atomic mass is 10.1. The Morgan fingerprint density at radius 3 is 1.12 bits per heavy atom. The first kappa shape index (κ1) is 28.0. The molecule has 0 aliphatic carbocycles. The molecule has 2 saturated heterocycles. The molecule has 0 aromatic heterocycles. The topological polar surface area (TPSA) is 54.6 Å². The molecular weight excluding hydrogens is 396 g/mol. The molecule has 0 unspecified atom stereocenters. The monoisotopic (exact) mass is 452 g/mol. The lowest BCUT2D eigenvalue weighted by Gasteiger charge is -2.38. The van der Waals surface area contributed by atoms with Crippen LogP contribution in [0.15, 0.2) is 0 Å². The van der Waals surface area contributed by atoms with Crippen LogP contribution in [0, 0.1) is 0 Å². The lowest BCUT2D eigenvalue weighted by Crippen LogP contribution is -2.52. The first-order valence-corrected chi connectivity index (χ1v) is 14.0. The van der Waals surface area contributed by atoms with Crippen LogP contribution in [0.5, 0.6) is 0 Å². The molecule has 0 bridgehead atoms. The van der Waals surface area contributed by atoms with Gasteiger partial charge in [0.2, 0.25) is 0 Å². The van der Waals surface area contributed by atoms with E-state index in [0.29, 0.717) is 36.3 Å². The summed E-state index contributed by atoms with van der Waals surface area (Å²) in [5, 5.41) is 15.4. The van der Waals surface area contributed by atoms with Crippen molar-refractivity contribution in [2.45, 2.75) is 116 Å². The van der Waals surface area contributed by atoms with Crippen LogP contribution in [-0.4, -0.2) is 98.4 Å². The molecule has 2 aliphatic rings. The van der Waals surface area contributed by atoms with Crippen molar-refractivity contribution >= 4 is 0 Å². The van der Waals surface area contributed by atoms with Gasteiger partial charge in [-0.1, -0.05) is 41.5 Å². The second-order valence-corrected chi connectivity index (χ2v) is 10.2. The Morgan fingerprint density at radius 2 is 0.812 bits per heavy atom. The Balaban J connectivity index is 2.10. The highest BCUT2D eigenvalue weighted by Crippen LogP contribution is 2.13. The second-order valence-electron chi connectivity index (χ2n) is 10.2. The number of nitrogens with one attached hydrogen (secondary N) is 4. The molecule has 190 valence electrons. The van der Waals surface area contributed by atoms with Gasteiger partial charge in [-0.05, 0) is 38.5 Å². The molecular formula is C26H56N6. The third kappa shape index (κ3) is 8.84. The third-order valence-corrected chi connectivity index (χ3v) is 8.12. The summed E-state index contributed by atoms with van der Waals surface area (Å²) in [4.78, 5) is 5.59. The molecule has 6 heteroatoms. The molecule has 2 heterocycles. The molecule has 2 rings (SSSR count). The molecule has 0 saturated carbocycles. The molecule has 0 radical (unpaired) electrons. The summed E-state index contributed by atoms with van der Waals surface area (Å²) in [6.45, 7) is 23.1. The van der Waals surface area contributed by atoms with Gasteiger partial charge >= 0.3 is 0 Å². The van der Waals surface area contributed by atoms with Crippen LogP contribution < -0.4 is 21.3 Å². The first-order valence-electron chi connectivity index (χ1n) is 14.0. The Bertz CT molecular complexity index is 433. The summed E-state index contributed by atoms with van der Waals surface area (Å²) in [5.41, 5.74) is 0. The zero-order valence-electron chi connectivity index (χ0n) is 22.3. The minimum Gasteiger partial charge on any atom is -0.311 e. The fraction of sp³-hybridized carbons (Fsp3) is 1.00. The molecule has 32 heavy (non-hydrogen) atoms. The van der Waals surface area contributed by atoms with E-state index in [-0.39, 0.29) is 0 Å². The largest absolute Gasteiger partial charge is 0.311 e. The number of rotatable bonds is 9. The molecule has 6 nitrogen and oxygen atoms in total. The van der Waals surface area contributed by atoms with Crippen molar-refractivity contribution in [3.63, 3.8) is 0 Å². The molecule has 0 aromatic rings. The summed E-state index contributed by atoms with van der Waals surface area (Å²) in [6, 6.07) is 3.61. The Kier molecular flexibility index (Phi) is 13.7. The van der Waals surface area contributed by atoms with Crippen LogP contribution in [0.3, 0.4) is 0 Å². The van der Waals surface area contributed by atoms with Crippen molar-refractivity contribution in [3.05, 3.63) is 0 Å². The molecule has 6 atom stereocenters. The van der Waals surface area contributed by atoms with Crippen LogP contribution >= 0.6 is 0 Å². The lowest BCUT2D eigenvalue weighted by molar-refractivity contribution is 0.114. The predicted molar refractivity (Wildman–Crippen MR) is 140 cm³/mol. The van der Waals surface area contributed by atoms with E-state index >= 15 is 0 Å². The fourth-order valence-electron chi connectivity index (χ4n) is 5.35. The van der Waals surface area contributed by atoms with E-state index in [1.54, 1.807) is 0 Å². The van der Waals surface area contributed by atoms with E-state index in [0.717, 1.165) is 26.2 Å². The van der Waals surface area contributed by atoms with Crippen LogP contribution in [0.1, 0.15) is 80.1 Å². The molecule has 0 amide bonds. The summed E-state index contributed by atoms with van der Waals surface area (Å²) in [6.07, 6.45) is 7.24. The summed E-state index contributed by atoms with van der Waals surface area (Å²) < 4.78 is 0. The van der Waals surface area contributed by atoms with Gasteiger partial charge in [0.25, 0.3) is 0 Å². The smallest absolute Gasteiger partial charge is 0.0219 e. The van der Waals surface area contributed by atoms with E-state index in [1.165, 1.54) is 64.7 Å². The number of hydrogen-bond acceptors (Lipinski definition) is 6. The fourth-order valence-corrected chi connectivity index (χ4v) is 5.35. The summed E-state index contributed by atoms with van der Waals surface area (Å²) >= 11 is 0. The SMILES string of the molecule is CC[C@H]1CN[C@@H](CC)CN(CCN2C[C@H](CC)NC[C@H](CC)NC[C@@H]2CC)[C@@H](CC)CN1. The molecule has 0 aromatic carbocycles.